The molecule has 3 heteroatoms. The number of benzene rings is 1. The van der Waals surface area contributed by atoms with Gasteiger partial charge in [-0.1, -0.05) is 32.9 Å². The molecule has 0 aromatic heterocycles. The second kappa shape index (κ2) is 4.64. The molecule has 0 radical (unpaired) electrons. The van der Waals surface area contributed by atoms with Crippen molar-refractivity contribution in [3.63, 3.8) is 0 Å². The zero-order chi connectivity index (χ0) is 11.5. The van der Waals surface area contributed by atoms with E-state index in [4.69, 9.17) is 9.84 Å². The van der Waals surface area contributed by atoms with Gasteiger partial charge in [-0.2, -0.15) is 0 Å². The van der Waals surface area contributed by atoms with Gasteiger partial charge in [0.25, 0.3) is 0 Å². The highest BCUT2D eigenvalue weighted by molar-refractivity contribution is 5.26. The van der Waals surface area contributed by atoms with Crippen LogP contribution in [0.5, 0.6) is 5.75 Å². The summed E-state index contributed by atoms with van der Waals surface area (Å²) in [6.07, 6.45) is -0.836. The second-order valence-electron chi connectivity index (χ2n) is 4.64. The smallest absolute Gasteiger partial charge is 0.202 e. The van der Waals surface area contributed by atoms with E-state index in [-0.39, 0.29) is 12.0 Å². The molecule has 1 aromatic rings. The first-order chi connectivity index (χ1) is 6.93. The molecule has 0 spiro atoms. The SMILES string of the molecule is CC(C)(C)C(O)Oc1ccc(CO)cc1. The van der Waals surface area contributed by atoms with Gasteiger partial charge in [0, 0.05) is 5.41 Å². The van der Waals surface area contributed by atoms with Crippen LogP contribution < -0.4 is 4.74 Å². The van der Waals surface area contributed by atoms with Gasteiger partial charge in [0.1, 0.15) is 5.75 Å². The summed E-state index contributed by atoms with van der Waals surface area (Å²) in [7, 11) is 0. The van der Waals surface area contributed by atoms with Crippen LogP contribution in [-0.4, -0.2) is 16.5 Å². The van der Waals surface area contributed by atoms with E-state index in [1.54, 1.807) is 24.3 Å². The van der Waals surface area contributed by atoms with E-state index in [0.717, 1.165) is 5.56 Å². The van der Waals surface area contributed by atoms with Gasteiger partial charge in [0.2, 0.25) is 6.29 Å². The first kappa shape index (κ1) is 12.0. The van der Waals surface area contributed by atoms with Gasteiger partial charge in [0.15, 0.2) is 0 Å². The molecule has 0 aliphatic heterocycles. The standard InChI is InChI=1S/C12H18O3/c1-12(2,3)11(14)15-10-6-4-9(8-13)5-7-10/h4-7,11,13-14H,8H2,1-3H3. The Balaban J connectivity index is 2.65. The highest BCUT2D eigenvalue weighted by Gasteiger charge is 2.23. The van der Waals surface area contributed by atoms with Crippen LogP contribution in [0.15, 0.2) is 24.3 Å². The Morgan fingerprint density at radius 2 is 1.73 bits per heavy atom. The highest BCUT2D eigenvalue weighted by atomic mass is 16.6. The summed E-state index contributed by atoms with van der Waals surface area (Å²) in [6, 6.07) is 7.01. The summed E-state index contributed by atoms with van der Waals surface area (Å²) in [5.74, 6) is 0.606. The number of aliphatic hydroxyl groups excluding tert-OH is 2. The van der Waals surface area contributed by atoms with Crippen LogP contribution in [-0.2, 0) is 6.61 Å². The number of ether oxygens (including phenoxy) is 1. The largest absolute Gasteiger partial charge is 0.465 e. The summed E-state index contributed by atoms with van der Waals surface area (Å²) < 4.78 is 5.35. The van der Waals surface area contributed by atoms with Crippen molar-refractivity contribution in [2.45, 2.75) is 33.7 Å². The van der Waals surface area contributed by atoms with Crippen LogP contribution in [0.1, 0.15) is 26.3 Å². The van der Waals surface area contributed by atoms with E-state index >= 15 is 0 Å². The van der Waals surface area contributed by atoms with Crippen molar-refractivity contribution in [2.75, 3.05) is 0 Å². The van der Waals surface area contributed by atoms with E-state index in [9.17, 15) is 5.11 Å². The monoisotopic (exact) mass is 210 g/mol. The van der Waals surface area contributed by atoms with Crippen LogP contribution >= 0.6 is 0 Å². The van der Waals surface area contributed by atoms with Gasteiger partial charge >= 0.3 is 0 Å². The minimum atomic E-state index is -0.836. The molecule has 0 saturated carbocycles. The Labute approximate surface area is 90.3 Å². The van der Waals surface area contributed by atoms with Crippen LogP contribution in [0.2, 0.25) is 0 Å². The topological polar surface area (TPSA) is 49.7 Å². The van der Waals surface area contributed by atoms with Gasteiger partial charge in [-0.25, -0.2) is 0 Å². The van der Waals surface area contributed by atoms with E-state index in [0.29, 0.717) is 5.75 Å². The van der Waals surface area contributed by atoms with E-state index in [1.807, 2.05) is 20.8 Å². The molecule has 0 aliphatic rings. The van der Waals surface area contributed by atoms with Crippen LogP contribution in [0.25, 0.3) is 0 Å². The lowest BCUT2D eigenvalue weighted by Gasteiger charge is -2.26. The predicted molar refractivity (Wildman–Crippen MR) is 58.5 cm³/mol. The van der Waals surface area contributed by atoms with E-state index < -0.39 is 6.29 Å². The minimum absolute atomic E-state index is 0.0160. The predicted octanol–water partition coefficient (Wildman–Crippen LogP) is 1.92. The molecule has 15 heavy (non-hydrogen) atoms. The minimum Gasteiger partial charge on any atom is -0.465 e. The summed E-state index contributed by atoms with van der Waals surface area (Å²) >= 11 is 0. The maximum absolute atomic E-state index is 9.69. The Morgan fingerprint density at radius 1 is 1.20 bits per heavy atom. The van der Waals surface area contributed by atoms with Crippen molar-refractivity contribution in [3.8, 4) is 5.75 Å². The molecule has 0 amide bonds. The van der Waals surface area contributed by atoms with Crippen molar-refractivity contribution in [2.24, 2.45) is 5.41 Å². The number of aliphatic hydroxyl groups is 2. The van der Waals surface area contributed by atoms with Crippen LogP contribution in [0.4, 0.5) is 0 Å². The third kappa shape index (κ3) is 3.53. The lowest BCUT2D eigenvalue weighted by molar-refractivity contribution is -0.0931. The molecule has 1 rings (SSSR count). The number of rotatable bonds is 3. The Morgan fingerprint density at radius 3 is 2.13 bits per heavy atom. The second-order valence-corrected chi connectivity index (χ2v) is 4.64. The van der Waals surface area contributed by atoms with Gasteiger partial charge < -0.3 is 14.9 Å². The maximum atomic E-state index is 9.69. The molecule has 2 N–H and O–H groups in total. The lowest BCUT2D eigenvalue weighted by Crippen LogP contribution is -2.31. The number of hydrogen-bond acceptors (Lipinski definition) is 3. The Hall–Kier alpha value is -1.06. The van der Waals surface area contributed by atoms with E-state index in [1.165, 1.54) is 0 Å². The number of hydrogen-bond donors (Lipinski definition) is 2. The quantitative estimate of drug-likeness (QED) is 0.749. The first-order valence-electron chi connectivity index (χ1n) is 4.98. The lowest BCUT2D eigenvalue weighted by atomic mass is 9.96. The van der Waals surface area contributed by atoms with Crippen molar-refractivity contribution in [3.05, 3.63) is 29.8 Å². The van der Waals surface area contributed by atoms with E-state index in [2.05, 4.69) is 0 Å². The summed E-state index contributed by atoms with van der Waals surface area (Å²) in [6.45, 7) is 5.72. The van der Waals surface area contributed by atoms with Crippen LogP contribution in [0.3, 0.4) is 0 Å². The van der Waals surface area contributed by atoms with Gasteiger partial charge in [-0.15, -0.1) is 0 Å². The molecular formula is C12H18O3. The molecule has 84 valence electrons. The molecule has 0 aliphatic carbocycles. The Bertz CT molecular complexity index is 298. The van der Waals surface area contributed by atoms with Gasteiger partial charge in [-0.05, 0) is 17.7 Å². The average molecular weight is 210 g/mol. The molecular weight excluding hydrogens is 192 g/mol. The fourth-order valence-electron chi connectivity index (χ4n) is 0.979. The summed E-state index contributed by atoms with van der Waals surface area (Å²) in [4.78, 5) is 0. The highest BCUT2D eigenvalue weighted by Crippen LogP contribution is 2.23. The Kier molecular flexibility index (Phi) is 3.72. The summed E-state index contributed by atoms with van der Waals surface area (Å²) in [5.41, 5.74) is 0.517. The molecule has 0 fully saturated rings. The average Bonchev–Trinajstić information content (AvgIpc) is 2.17. The van der Waals surface area contributed by atoms with Crippen molar-refractivity contribution >= 4 is 0 Å². The van der Waals surface area contributed by atoms with Crippen LogP contribution in [0, 0.1) is 5.41 Å². The molecule has 1 unspecified atom stereocenters. The third-order valence-electron chi connectivity index (χ3n) is 2.09. The summed E-state index contributed by atoms with van der Waals surface area (Å²) in [5, 5.41) is 18.5. The van der Waals surface area contributed by atoms with Crippen molar-refractivity contribution in [1.29, 1.82) is 0 Å². The first-order valence-corrected chi connectivity index (χ1v) is 4.98. The molecule has 1 atom stereocenters. The molecule has 0 saturated heterocycles. The van der Waals surface area contributed by atoms with Crippen molar-refractivity contribution in [1.82, 2.24) is 0 Å². The van der Waals surface area contributed by atoms with Gasteiger partial charge in [0.05, 0.1) is 6.61 Å². The zero-order valence-corrected chi connectivity index (χ0v) is 9.40. The maximum Gasteiger partial charge on any atom is 0.202 e. The molecule has 1 aromatic carbocycles. The van der Waals surface area contributed by atoms with Gasteiger partial charge in [-0.3, -0.25) is 0 Å². The normalized spacial score (nSPS) is 13.7. The van der Waals surface area contributed by atoms with Crippen molar-refractivity contribution < 1.29 is 14.9 Å². The molecule has 3 nitrogen and oxygen atoms in total. The molecule has 0 bridgehead atoms. The molecule has 0 heterocycles. The zero-order valence-electron chi connectivity index (χ0n) is 9.40. The third-order valence-corrected chi connectivity index (χ3v) is 2.09. The fourth-order valence-corrected chi connectivity index (χ4v) is 0.979. The fraction of sp³-hybridized carbons (Fsp3) is 0.500.